The molecule has 8 rings (SSSR count). The zero-order chi connectivity index (χ0) is 36.1. The van der Waals surface area contributed by atoms with Gasteiger partial charge in [-0.3, -0.25) is 0 Å². The van der Waals surface area contributed by atoms with Crippen molar-refractivity contribution in [1.82, 2.24) is 9.97 Å². The Labute approximate surface area is 314 Å². The third kappa shape index (κ3) is 6.94. The van der Waals surface area contributed by atoms with Crippen LogP contribution in [0.1, 0.15) is 53.4 Å². The average molecular weight is 894 g/mol. The van der Waals surface area contributed by atoms with Crippen LogP contribution in [0.3, 0.4) is 0 Å². The van der Waals surface area contributed by atoms with Crippen LogP contribution in [0.25, 0.3) is 66.0 Å². The quantitative estimate of drug-likeness (QED) is 0.0982. The molecule has 0 spiro atoms. The number of furan rings is 1. The van der Waals surface area contributed by atoms with Gasteiger partial charge in [0.25, 0.3) is 0 Å². The minimum Gasteiger partial charge on any atom is -0.500 e. The molecule has 50 heavy (non-hydrogen) atoms. The van der Waals surface area contributed by atoms with Crippen molar-refractivity contribution in [2.45, 2.75) is 56.8 Å². The third-order valence-electron chi connectivity index (χ3n) is 9.15. The molecule has 0 unspecified atom stereocenters. The Kier molecular flexibility index (Phi) is 9.69. The van der Waals surface area contributed by atoms with Crippen LogP contribution in [-0.2, 0) is 20.1 Å². The fraction of sp³-hybridized carbons (Fsp3) is 0.200. The summed E-state index contributed by atoms with van der Waals surface area (Å²) < 4.78 is 24.7. The van der Waals surface area contributed by atoms with E-state index in [0.717, 1.165) is 61.0 Å². The van der Waals surface area contributed by atoms with Crippen molar-refractivity contribution >= 4 is 61.1 Å². The molecule has 5 heteroatoms. The molecule has 3 heterocycles. The molecule has 0 atom stereocenters. The predicted molar refractivity (Wildman–Crippen MR) is 210 cm³/mol. The Morgan fingerprint density at radius 1 is 0.660 bits per heavy atom. The molecule has 0 fully saturated rings. The van der Waals surface area contributed by atoms with Gasteiger partial charge >= 0.3 is 120 Å². The Bertz CT molecular complexity index is 2550. The molecule has 0 aliphatic rings. The molecule has 253 valence electrons. The van der Waals surface area contributed by atoms with E-state index in [1.807, 2.05) is 76.4 Å². The van der Waals surface area contributed by atoms with Crippen LogP contribution < -0.4 is 4.40 Å². The van der Waals surface area contributed by atoms with Crippen LogP contribution in [0.5, 0.6) is 0 Å². The number of hydrogen-bond donors (Lipinski definition) is 0. The SMILES string of the molecule is [2H]C(C)(C)c1cc(-c2[c-]cccc2)nc[c]1[Ge]([CH3])([CH3])[CH3].[2H]C(C)(C)c1ccnc(-c2[c-]ccc3c2oc2c3ccc3c4ccccc4ccc32)c1.[Ir]. The van der Waals surface area contributed by atoms with Crippen molar-refractivity contribution < 1.29 is 27.3 Å². The molecule has 0 saturated carbocycles. The summed E-state index contributed by atoms with van der Waals surface area (Å²) in [7, 11) is 0. The van der Waals surface area contributed by atoms with E-state index in [1.54, 1.807) is 6.20 Å². The summed E-state index contributed by atoms with van der Waals surface area (Å²) in [5.41, 5.74) is 7.21. The fourth-order valence-electron chi connectivity index (χ4n) is 6.52. The van der Waals surface area contributed by atoms with E-state index < -0.39 is 25.1 Å². The summed E-state index contributed by atoms with van der Waals surface area (Å²) in [6.45, 7) is 7.68. The average Bonchev–Trinajstić information content (AvgIpc) is 3.50. The van der Waals surface area contributed by atoms with Crippen molar-refractivity contribution in [2.75, 3.05) is 0 Å². The van der Waals surface area contributed by atoms with Crippen molar-refractivity contribution in [1.29, 1.82) is 0 Å². The van der Waals surface area contributed by atoms with Gasteiger partial charge in [0.2, 0.25) is 0 Å². The Morgan fingerprint density at radius 3 is 2.12 bits per heavy atom. The summed E-state index contributed by atoms with van der Waals surface area (Å²) in [4.78, 5) is 9.19. The number of pyridine rings is 2. The molecule has 0 aliphatic heterocycles. The molecule has 0 aliphatic carbocycles. The summed E-state index contributed by atoms with van der Waals surface area (Å²) in [5.74, 6) is 5.75. The van der Waals surface area contributed by atoms with Crippen LogP contribution in [0.4, 0.5) is 0 Å². The molecule has 0 amide bonds. The van der Waals surface area contributed by atoms with E-state index in [0.29, 0.717) is 0 Å². The van der Waals surface area contributed by atoms with Gasteiger partial charge in [-0.2, -0.15) is 0 Å². The molecule has 1 radical (unpaired) electrons. The maximum Gasteiger partial charge on any atom is 0.128 e. The maximum absolute atomic E-state index is 8.44. The normalized spacial score (nSPS) is 12.7. The Hall–Kier alpha value is -4.09. The molecule has 8 aromatic rings. The van der Waals surface area contributed by atoms with Gasteiger partial charge < -0.3 is 9.40 Å². The molecule has 0 bridgehead atoms. The molecule has 3 aromatic heterocycles. The van der Waals surface area contributed by atoms with Gasteiger partial charge in [0.15, 0.2) is 0 Å². The molecular formula is C45H42GeIrN2O-2. The summed E-state index contributed by atoms with van der Waals surface area (Å²) in [5, 5.41) is 6.87. The first-order chi connectivity index (χ1) is 24.2. The topological polar surface area (TPSA) is 38.9 Å². The first-order valence-electron chi connectivity index (χ1n) is 17.8. The smallest absolute Gasteiger partial charge is 0.128 e. The van der Waals surface area contributed by atoms with Crippen LogP contribution in [0.15, 0.2) is 120 Å². The zero-order valence-electron chi connectivity index (χ0n) is 31.6. The molecule has 0 saturated heterocycles. The second kappa shape index (κ2) is 14.6. The number of nitrogens with zero attached hydrogens (tertiary/aromatic N) is 2. The van der Waals surface area contributed by atoms with E-state index in [-0.39, 0.29) is 20.1 Å². The minimum absolute atomic E-state index is 0. The number of aromatic nitrogens is 2. The second-order valence-corrected chi connectivity index (χ2v) is 24.7. The first-order valence-corrected chi connectivity index (χ1v) is 24.2. The van der Waals surface area contributed by atoms with Gasteiger partial charge in [-0.1, -0.05) is 85.0 Å². The third-order valence-corrected chi connectivity index (χ3v) is 13.4. The number of hydrogen-bond acceptors (Lipinski definition) is 3. The van der Waals surface area contributed by atoms with Crippen molar-refractivity contribution in [2.24, 2.45) is 0 Å². The maximum atomic E-state index is 8.44. The Balaban J connectivity index is 0.000000193. The molecule has 5 aromatic carbocycles. The minimum atomic E-state index is -2.03. The first kappa shape index (κ1) is 33.1. The van der Waals surface area contributed by atoms with Crippen molar-refractivity contribution in [3.05, 3.63) is 139 Å². The van der Waals surface area contributed by atoms with Gasteiger partial charge in [0, 0.05) is 38.4 Å². The number of rotatable bonds is 5. The summed E-state index contributed by atoms with van der Waals surface area (Å²) >= 11 is -2.03. The fourth-order valence-corrected chi connectivity index (χ4v) is 9.84. The van der Waals surface area contributed by atoms with Crippen LogP contribution in [0.2, 0.25) is 17.3 Å². The number of benzene rings is 5. The zero-order valence-corrected chi connectivity index (χ0v) is 34.1. The van der Waals surface area contributed by atoms with Gasteiger partial charge in [0.1, 0.15) is 5.58 Å². The van der Waals surface area contributed by atoms with E-state index in [2.05, 4.69) is 100 Å². The van der Waals surface area contributed by atoms with Crippen molar-refractivity contribution in [3.63, 3.8) is 0 Å². The van der Waals surface area contributed by atoms with Gasteiger partial charge in [-0.25, -0.2) is 0 Å². The summed E-state index contributed by atoms with van der Waals surface area (Å²) in [6, 6.07) is 41.4. The second-order valence-electron chi connectivity index (χ2n) is 14.1. The van der Waals surface area contributed by atoms with Gasteiger partial charge in [-0.05, 0) is 33.8 Å². The summed E-state index contributed by atoms with van der Waals surface area (Å²) in [6.07, 6.45) is 3.76. The number of fused-ring (bicyclic) bond motifs is 7. The molecular weight excluding hydrogens is 849 g/mol. The molecule has 0 N–H and O–H groups in total. The largest absolute Gasteiger partial charge is 0.500 e. The van der Waals surface area contributed by atoms with Gasteiger partial charge in [0.05, 0.1) is 5.58 Å². The van der Waals surface area contributed by atoms with E-state index in [4.69, 9.17) is 7.16 Å². The van der Waals surface area contributed by atoms with E-state index in [9.17, 15) is 0 Å². The standard InChI is InChI=1S/C28H20NO.C17H22GeN.Ir/c1-17(2)19-14-15-29-26(16-19)25-9-5-8-22-24-13-12-21-20-7-4-3-6-18(20)10-11-23(21)27(24)30-28(22)25;1-13(2)15-11-17(14-9-7-6-8-10-14)19-12-16(15)18(3,4)5;/h3-8,10-17H,1-2H3;6-9,11-13H,1-5H3;/q2*-1;/i17D;13D;. The predicted octanol–water partition coefficient (Wildman–Crippen LogP) is 12.1. The van der Waals surface area contributed by atoms with Crippen LogP contribution in [0, 0.1) is 12.1 Å². The van der Waals surface area contributed by atoms with Crippen LogP contribution >= 0.6 is 0 Å². The monoisotopic (exact) mass is 895 g/mol. The Morgan fingerprint density at radius 2 is 1.38 bits per heavy atom. The van der Waals surface area contributed by atoms with E-state index in [1.165, 1.54) is 20.6 Å². The van der Waals surface area contributed by atoms with Crippen LogP contribution in [-0.4, -0.2) is 23.2 Å². The van der Waals surface area contributed by atoms with Gasteiger partial charge in [-0.15, -0.1) is 18.2 Å². The van der Waals surface area contributed by atoms with E-state index >= 15 is 0 Å². The molecule has 3 nitrogen and oxygen atoms in total. The van der Waals surface area contributed by atoms with Crippen molar-refractivity contribution in [3.8, 4) is 22.5 Å².